The van der Waals surface area contributed by atoms with Crippen molar-refractivity contribution in [2.75, 3.05) is 5.43 Å². The molecular weight excluding hydrogens is 406 g/mol. The Bertz CT molecular complexity index is 1110. The van der Waals surface area contributed by atoms with Gasteiger partial charge in [0.1, 0.15) is 18.7 Å². The molecule has 0 aliphatic carbocycles. The number of amides is 1. The van der Waals surface area contributed by atoms with Gasteiger partial charge in [0.05, 0.1) is 16.6 Å². The number of fused-ring (bicyclic) bond motifs is 1. The molecule has 27 heavy (non-hydrogen) atoms. The molecule has 0 fully saturated rings. The van der Waals surface area contributed by atoms with E-state index < -0.39 is 0 Å². The van der Waals surface area contributed by atoms with Crippen LogP contribution in [0.5, 0.6) is 5.75 Å². The summed E-state index contributed by atoms with van der Waals surface area (Å²) in [6.45, 7) is 0.361. The van der Waals surface area contributed by atoms with Gasteiger partial charge in [-0.1, -0.05) is 58.4 Å². The Labute approximate surface area is 164 Å². The highest BCUT2D eigenvalue weighted by atomic mass is 79.9. The average molecular weight is 422 g/mol. The third-order valence-corrected chi connectivity index (χ3v) is 4.92. The van der Waals surface area contributed by atoms with Crippen LogP contribution in [0.1, 0.15) is 15.9 Å². The first kappa shape index (κ1) is 17.3. The minimum absolute atomic E-state index is 0.263. The van der Waals surface area contributed by atoms with Crippen LogP contribution in [0.3, 0.4) is 0 Å². The first-order valence-corrected chi connectivity index (χ1v) is 9.20. The Hall–Kier alpha value is -3.12. The van der Waals surface area contributed by atoms with Crippen molar-refractivity contribution in [3.05, 3.63) is 94.7 Å². The number of hydrogen-bond acceptors (Lipinski definition) is 3. The lowest BCUT2D eigenvalue weighted by molar-refractivity contribution is 0.100. The Morgan fingerprint density at radius 3 is 2.63 bits per heavy atom. The normalized spacial score (nSPS) is 10.7. The molecule has 1 aromatic heterocycles. The highest BCUT2D eigenvalue weighted by Gasteiger charge is 2.14. The highest BCUT2D eigenvalue weighted by molar-refractivity contribution is 9.10. The van der Waals surface area contributed by atoms with E-state index in [1.807, 2.05) is 60.7 Å². The summed E-state index contributed by atoms with van der Waals surface area (Å²) >= 11 is 3.51. The highest BCUT2D eigenvalue weighted by Crippen LogP contribution is 2.22. The molecule has 0 aliphatic rings. The topological polar surface area (TPSA) is 56.2 Å². The second kappa shape index (κ2) is 7.63. The minimum Gasteiger partial charge on any atom is -0.488 e. The van der Waals surface area contributed by atoms with E-state index >= 15 is 0 Å². The second-order valence-electron chi connectivity index (χ2n) is 5.92. The van der Waals surface area contributed by atoms with E-state index in [2.05, 4.69) is 26.3 Å². The van der Waals surface area contributed by atoms with Crippen molar-refractivity contribution < 1.29 is 9.53 Å². The molecule has 4 aromatic rings. The third kappa shape index (κ3) is 3.71. The summed E-state index contributed by atoms with van der Waals surface area (Å²) in [6, 6.07) is 22.6. The predicted molar refractivity (Wildman–Crippen MR) is 108 cm³/mol. The summed E-state index contributed by atoms with van der Waals surface area (Å²) in [5.74, 6) is 0.260. The molecule has 0 atom stereocenters. The molecule has 0 saturated heterocycles. The first-order valence-electron chi connectivity index (χ1n) is 8.41. The molecule has 1 amide bonds. The van der Waals surface area contributed by atoms with Gasteiger partial charge in [-0.3, -0.25) is 10.2 Å². The van der Waals surface area contributed by atoms with Crippen LogP contribution in [0.25, 0.3) is 11.0 Å². The van der Waals surface area contributed by atoms with Gasteiger partial charge in [-0.15, -0.1) is 0 Å². The maximum absolute atomic E-state index is 12.8. The summed E-state index contributed by atoms with van der Waals surface area (Å²) in [6.07, 6.45) is 1.59. The molecule has 6 heteroatoms. The van der Waals surface area contributed by atoms with Crippen molar-refractivity contribution in [3.8, 4) is 5.75 Å². The van der Waals surface area contributed by atoms with Crippen molar-refractivity contribution in [2.24, 2.45) is 0 Å². The van der Waals surface area contributed by atoms with E-state index in [9.17, 15) is 4.79 Å². The fourth-order valence-corrected chi connectivity index (χ4v) is 3.17. The van der Waals surface area contributed by atoms with E-state index in [0.717, 1.165) is 21.1 Å². The molecule has 4 rings (SSSR count). The van der Waals surface area contributed by atoms with E-state index in [-0.39, 0.29) is 5.91 Å². The van der Waals surface area contributed by atoms with Gasteiger partial charge in [-0.05, 0) is 30.3 Å². The largest absolute Gasteiger partial charge is 0.488 e. The summed E-state index contributed by atoms with van der Waals surface area (Å²) in [5, 5.41) is 0. The molecule has 134 valence electrons. The van der Waals surface area contributed by atoms with Crippen LogP contribution in [0.4, 0.5) is 0 Å². The molecule has 1 heterocycles. The van der Waals surface area contributed by atoms with Gasteiger partial charge in [0, 0.05) is 10.0 Å². The zero-order chi connectivity index (χ0) is 18.6. The van der Waals surface area contributed by atoms with Crippen molar-refractivity contribution in [1.29, 1.82) is 0 Å². The predicted octanol–water partition coefficient (Wildman–Crippen LogP) is 4.76. The third-order valence-electron chi connectivity index (χ3n) is 4.15. The molecule has 0 radical (unpaired) electrons. The average Bonchev–Trinajstić information content (AvgIpc) is 3.10. The summed E-state index contributed by atoms with van der Waals surface area (Å²) in [5.41, 5.74) is 5.97. The second-order valence-corrected chi connectivity index (χ2v) is 6.77. The van der Waals surface area contributed by atoms with Crippen molar-refractivity contribution in [1.82, 2.24) is 9.66 Å². The first-order chi connectivity index (χ1) is 13.2. The Kier molecular flexibility index (Phi) is 4.89. The van der Waals surface area contributed by atoms with Crippen LogP contribution in [0.2, 0.25) is 0 Å². The SMILES string of the molecule is O=C(Nn1cnc2ccccc21)c1ccccc1OCc1ccccc1Br. The summed E-state index contributed by atoms with van der Waals surface area (Å²) in [7, 11) is 0. The van der Waals surface area contributed by atoms with Gasteiger partial charge in [-0.2, -0.15) is 0 Å². The number of nitrogens with one attached hydrogen (secondary N) is 1. The minimum atomic E-state index is -0.263. The number of imidazole rings is 1. The molecule has 0 unspecified atom stereocenters. The molecule has 0 aliphatic heterocycles. The molecule has 0 spiro atoms. The maximum Gasteiger partial charge on any atom is 0.273 e. The van der Waals surface area contributed by atoms with E-state index in [1.54, 1.807) is 23.1 Å². The van der Waals surface area contributed by atoms with Crippen LogP contribution < -0.4 is 10.2 Å². The smallest absolute Gasteiger partial charge is 0.273 e. The van der Waals surface area contributed by atoms with Crippen LogP contribution in [0.15, 0.2) is 83.6 Å². The number of ether oxygens (including phenoxy) is 1. The van der Waals surface area contributed by atoms with Crippen LogP contribution in [-0.4, -0.2) is 15.6 Å². The monoisotopic (exact) mass is 421 g/mol. The van der Waals surface area contributed by atoms with Crippen LogP contribution >= 0.6 is 15.9 Å². The van der Waals surface area contributed by atoms with Gasteiger partial charge in [0.2, 0.25) is 0 Å². The van der Waals surface area contributed by atoms with Crippen LogP contribution in [0, 0.1) is 0 Å². The number of rotatable bonds is 5. The number of carbonyl (C=O) groups is 1. The lowest BCUT2D eigenvalue weighted by atomic mass is 10.2. The number of para-hydroxylation sites is 3. The Balaban J connectivity index is 1.55. The molecule has 3 aromatic carbocycles. The fourth-order valence-electron chi connectivity index (χ4n) is 2.77. The number of nitrogens with zero attached hydrogens (tertiary/aromatic N) is 2. The molecule has 1 N–H and O–H groups in total. The maximum atomic E-state index is 12.8. The zero-order valence-corrected chi connectivity index (χ0v) is 15.9. The molecular formula is C21H16BrN3O2. The molecule has 5 nitrogen and oxygen atoms in total. The lowest BCUT2D eigenvalue weighted by Gasteiger charge is -2.13. The van der Waals surface area contributed by atoms with Gasteiger partial charge in [-0.25, -0.2) is 9.66 Å². The number of halogens is 1. The number of hydrogen-bond donors (Lipinski definition) is 1. The lowest BCUT2D eigenvalue weighted by Crippen LogP contribution is -2.22. The van der Waals surface area contributed by atoms with Crippen molar-refractivity contribution in [2.45, 2.75) is 6.61 Å². The van der Waals surface area contributed by atoms with Gasteiger partial charge < -0.3 is 4.74 Å². The van der Waals surface area contributed by atoms with Crippen molar-refractivity contribution in [3.63, 3.8) is 0 Å². The number of benzene rings is 3. The molecule has 0 bridgehead atoms. The van der Waals surface area contributed by atoms with Crippen molar-refractivity contribution >= 4 is 32.9 Å². The summed E-state index contributed by atoms with van der Waals surface area (Å²) < 4.78 is 8.50. The number of aromatic nitrogens is 2. The van der Waals surface area contributed by atoms with E-state index in [0.29, 0.717) is 17.9 Å². The summed E-state index contributed by atoms with van der Waals surface area (Å²) in [4.78, 5) is 17.1. The number of carbonyl (C=O) groups excluding carboxylic acids is 1. The fraction of sp³-hybridized carbons (Fsp3) is 0.0476. The zero-order valence-electron chi connectivity index (χ0n) is 14.3. The van der Waals surface area contributed by atoms with Gasteiger partial charge in [0.25, 0.3) is 5.91 Å². The Morgan fingerprint density at radius 2 is 1.74 bits per heavy atom. The van der Waals surface area contributed by atoms with E-state index in [4.69, 9.17) is 4.74 Å². The van der Waals surface area contributed by atoms with Gasteiger partial charge in [0.15, 0.2) is 0 Å². The van der Waals surface area contributed by atoms with Gasteiger partial charge >= 0.3 is 0 Å². The quantitative estimate of drug-likeness (QED) is 0.505. The van der Waals surface area contributed by atoms with E-state index in [1.165, 1.54) is 0 Å². The molecule has 0 saturated carbocycles. The standard InChI is InChI=1S/C21H16BrN3O2/c22-17-9-3-1-7-15(17)13-27-20-12-6-2-8-16(20)21(26)24-25-14-23-18-10-4-5-11-19(18)25/h1-12,14H,13H2,(H,24,26). The Morgan fingerprint density at radius 1 is 1.00 bits per heavy atom. The van der Waals surface area contributed by atoms with Crippen LogP contribution in [-0.2, 0) is 6.61 Å².